The van der Waals surface area contributed by atoms with E-state index in [1.807, 2.05) is 12.1 Å². The summed E-state index contributed by atoms with van der Waals surface area (Å²) in [4.78, 5) is 10.4. The van der Waals surface area contributed by atoms with Gasteiger partial charge in [0.25, 0.3) is 0 Å². The Morgan fingerprint density at radius 1 is 0.818 bits per heavy atom. The highest BCUT2D eigenvalue weighted by Gasteiger charge is 1.99. The Bertz CT molecular complexity index is 418. The number of hydrogen-bond donors (Lipinski definition) is 1. The third-order valence-electron chi connectivity index (χ3n) is 4.04. The lowest BCUT2D eigenvalue weighted by atomic mass is 10.0. The number of hydrogen-bond acceptors (Lipinski definition) is 1. The summed E-state index contributed by atoms with van der Waals surface area (Å²) in [6, 6.07) is 8.12. The number of benzene rings is 1. The number of carbonyl (C=O) groups is 1. The lowest BCUT2D eigenvalue weighted by Gasteiger charge is -2.04. The van der Waals surface area contributed by atoms with Crippen LogP contribution >= 0.6 is 11.6 Å². The zero-order valence-electron chi connectivity index (χ0n) is 13.5. The normalized spacial score (nSPS) is 10.8. The molecule has 0 spiro atoms. The Morgan fingerprint density at radius 2 is 1.32 bits per heavy atom. The first-order valence-corrected chi connectivity index (χ1v) is 9.03. The highest BCUT2D eigenvalue weighted by molar-refractivity contribution is 6.31. The molecule has 0 heterocycles. The fourth-order valence-electron chi connectivity index (χ4n) is 2.71. The Hall–Kier alpha value is -1.02. The molecule has 0 fully saturated rings. The van der Waals surface area contributed by atoms with Gasteiger partial charge in [0, 0.05) is 11.4 Å². The van der Waals surface area contributed by atoms with Crippen LogP contribution in [0.3, 0.4) is 0 Å². The average Bonchev–Trinajstić information content (AvgIpc) is 2.49. The van der Waals surface area contributed by atoms with Crippen molar-refractivity contribution in [1.82, 2.24) is 0 Å². The van der Waals surface area contributed by atoms with Crippen LogP contribution in [-0.2, 0) is 11.2 Å². The number of unbranched alkanes of at least 4 members (excludes halogenated alkanes) is 9. The Kier molecular flexibility index (Phi) is 10.8. The summed E-state index contributed by atoms with van der Waals surface area (Å²) < 4.78 is 0. The summed E-state index contributed by atoms with van der Waals surface area (Å²) in [6.07, 6.45) is 13.5. The summed E-state index contributed by atoms with van der Waals surface area (Å²) in [5.74, 6) is -0.670. The van der Waals surface area contributed by atoms with E-state index in [1.54, 1.807) is 0 Å². The van der Waals surface area contributed by atoms with Gasteiger partial charge in [-0.05, 0) is 30.9 Å². The molecule has 0 saturated carbocycles. The first kappa shape index (κ1) is 19.0. The molecule has 0 saturated heterocycles. The molecule has 22 heavy (non-hydrogen) atoms. The van der Waals surface area contributed by atoms with E-state index in [9.17, 15) is 4.79 Å². The van der Waals surface area contributed by atoms with E-state index in [4.69, 9.17) is 16.7 Å². The highest BCUT2D eigenvalue weighted by Crippen LogP contribution is 2.18. The monoisotopic (exact) mass is 324 g/mol. The number of carboxylic acid groups (broad SMARTS) is 1. The van der Waals surface area contributed by atoms with Gasteiger partial charge in [0.15, 0.2) is 0 Å². The molecule has 124 valence electrons. The molecule has 0 bridgehead atoms. The largest absolute Gasteiger partial charge is 0.481 e. The fraction of sp³-hybridized carbons (Fsp3) is 0.632. The standard InChI is InChI=1S/C19H29ClO2/c20-18-15-12-11-14-17(18)13-9-7-5-3-1-2-4-6-8-10-16-19(21)22/h11-12,14-15H,1-10,13,16H2,(H,21,22). The Morgan fingerprint density at radius 3 is 1.86 bits per heavy atom. The maximum atomic E-state index is 10.4. The molecule has 0 aromatic heterocycles. The van der Waals surface area contributed by atoms with Crippen molar-refractivity contribution in [3.05, 3.63) is 34.9 Å². The Labute approximate surface area is 139 Å². The second-order valence-electron chi connectivity index (χ2n) is 6.02. The maximum Gasteiger partial charge on any atom is 0.303 e. The first-order chi connectivity index (χ1) is 10.7. The van der Waals surface area contributed by atoms with Gasteiger partial charge in [0.1, 0.15) is 0 Å². The topological polar surface area (TPSA) is 37.3 Å². The number of aryl methyl sites for hydroxylation is 1. The van der Waals surface area contributed by atoms with Crippen molar-refractivity contribution in [2.75, 3.05) is 0 Å². The third kappa shape index (κ3) is 9.83. The Balaban J connectivity index is 1.84. The van der Waals surface area contributed by atoms with Crippen LogP contribution in [0.1, 0.15) is 76.2 Å². The SMILES string of the molecule is O=C(O)CCCCCCCCCCCCc1ccccc1Cl. The maximum absolute atomic E-state index is 10.4. The van der Waals surface area contributed by atoms with E-state index in [0.29, 0.717) is 6.42 Å². The smallest absolute Gasteiger partial charge is 0.303 e. The number of halogens is 1. The second-order valence-corrected chi connectivity index (χ2v) is 6.43. The van der Waals surface area contributed by atoms with Crippen molar-refractivity contribution in [2.24, 2.45) is 0 Å². The quantitative estimate of drug-likeness (QED) is 0.435. The van der Waals surface area contributed by atoms with E-state index >= 15 is 0 Å². The predicted octanol–water partition coefficient (Wildman–Crippen LogP) is 6.26. The lowest BCUT2D eigenvalue weighted by molar-refractivity contribution is -0.137. The van der Waals surface area contributed by atoms with E-state index in [1.165, 1.54) is 56.9 Å². The van der Waals surface area contributed by atoms with Crippen LogP contribution in [0, 0.1) is 0 Å². The molecule has 0 amide bonds. The van der Waals surface area contributed by atoms with Gasteiger partial charge in [-0.25, -0.2) is 0 Å². The molecule has 0 atom stereocenters. The minimum absolute atomic E-state index is 0.325. The summed E-state index contributed by atoms with van der Waals surface area (Å²) >= 11 is 6.14. The fourth-order valence-corrected chi connectivity index (χ4v) is 2.94. The van der Waals surface area contributed by atoms with Crippen LogP contribution in [0.5, 0.6) is 0 Å². The second kappa shape index (κ2) is 12.5. The predicted molar refractivity (Wildman–Crippen MR) is 93.6 cm³/mol. The minimum Gasteiger partial charge on any atom is -0.481 e. The summed E-state index contributed by atoms with van der Waals surface area (Å²) in [5, 5.41) is 9.43. The van der Waals surface area contributed by atoms with Gasteiger partial charge in [-0.1, -0.05) is 81.2 Å². The molecular formula is C19H29ClO2. The van der Waals surface area contributed by atoms with Gasteiger partial charge < -0.3 is 5.11 Å². The van der Waals surface area contributed by atoms with Gasteiger partial charge in [0.2, 0.25) is 0 Å². The van der Waals surface area contributed by atoms with Crippen LogP contribution in [0.15, 0.2) is 24.3 Å². The molecule has 0 unspecified atom stereocenters. The van der Waals surface area contributed by atoms with Crippen molar-refractivity contribution in [1.29, 1.82) is 0 Å². The first-order valence-electron chi connectivity index (χ1n) is 8.65. The lowest BCUT2D eigenvalue weighted by Crippen LogP contribution is -1.93. The average molecular weight is 325 g/mol. The van der Waals surface area contributed by atoms with Gasteiger partial charge in [-0.3, -0.25) is 4.79 Å². The van der Waals surface area contributed by atoms with E-state index in [0.717, 1.165) is 24.3 Å². The molecule has 2 nitrogen and oxygen atoms in total. The van der Waals surface area contributed by atoms with Crippen LogP contribution in [0.4, 0.5) is 0 Å². The molecule has 0 radical (unpaired) electrons. The van der Waals surface area contributed by atoms with Gasteiger partial charge in [-0.15, -0.1) is 0 Å². The van der Waals surface area contributed by atoms with Crippen LogP contribution in [0.2, 0.25) is 5.02 Å². The zero-order chi connectivity index (χ0) is 16.0. The summed E-state index contributed by atoms with van der Waals surface area (Å²) in [6.45, 7) is 0. The number of rotatable bonds is 13. The van der Waals surface area contributed by atoms with Crippen molar-refractivity contribution in [3.8, 4) is 0 Å². The van der Waals surface area contributed by atoms with E-state index in [-0.39, 0.29) is 0 Å². The van der Waals surface area contributed by atoms with E-state index in [2.05, 4.69) is 12.1 Å². The molecule has 1 aromatic rings. The molecule has 1 aromatic carbocycles. The minimum atomic E-state index is -0.670. The van der Waals surface area contributed by atoms with Crippen molar-refractivity contribution in [2.45, 2.75) is 77.0 Å². The molecule has 0 aliphatic rings. The van der Waals surface area contributed by atoms with Crippen molar-refractivity contribution < 1.29 is 9.90 Å². The molecule has 1 N–H and O–H groups in total. The van der Waals surface area contributed by atoms with Gasteiger partial charge in [-0.2, -0.15) is 0 Å². The molecule has 0 aliphatic heterocycles. The van der Waals surface area contributed by atoms with E-state index < -0.39 is 5.97 Å². The van der Waals surface area contributed by atoms with Crippen molar-refractivity contribution in [3.63, 3.8) is 0 Å². The van der Waals surface area contributed by atoms with Crippen LogP contribution < -0.4 is 0 Å². The molecule has 1 rings (SSSR count). The molecular weight excluding hydrogens is 296 g/mol. The summed E-state index contributed by atoms with van der Waals surface area (Å²) in [5.41, 5.74) is 1.27. The number of carboxylic acids is 1. The molecule has 3 heteroatoms. The molecule has 0 aliphatic carbocycles. The number of aliphatic carboxylic acids is 1. The van der Waals surface area contributed by atoms with Crippen LogP contribution in [-0.4, -0.2) is 11.1 Å². The van der Waals surface area contributed by atoms with Gasteiger partial charge in [0.05, 0.1) is 0 Å². The highest BCUT2D eigenvalue weighted by atomic mass is 35.5. The van der Waals surface area contributed by atoms with Crippen molar-refractivity contribution >= 4 is 17.6 Å². The summed E-state index contributed by atoms with van der Waals surface area (Å²) in [7, 11) is 0. The van der Waals surface area contributed by atoms with Gasteiger partial charge >= 0.3 is 5.97 Å². The zero-order valence-corrected chi connectivity index (χ0v) is 14.3. The third-order valence-corrected chi connectivity index (χ3v) is 4.41. The van der Waals surface area contributed by atoms with Crippen LogP contribution in [0.25, 0.3) is 0 Å².